The van der Waals surface area contributed by atoms with Crippen LogP contribution in [0.3, 0.4) is 0 Å². The Labute approximate surface area is 294 Å². The second-order valence-corrected chi connectivity index (χ2v) is 13.3. The van der Waals surface area contributed by atoms with E-state index in [4.69, 9.17) is 18.9 Å². The van der Waals surface area contributed by atoms with Gasteiger partial charge in [-0.1, -0.05) is 76.3 Å². The van der Waals surface area contributed by atoms with Crippen molar-refractivity contribution in [3.05, 3.63) is 91.5 Å². The second kappa shape index (κ2) is 22.3. The van der Waals surface area contributed by atoms with Crippen LogP contribution in [0.1, 0.15) is 109 Å². The molecule has 1 saturated carbocycles. The third-order valence-electron chi connectivity index (χ3n) is 9.35. The molecule has 0 N–H and O–H groups in total. The van der Waals surface area contributed by atoms with Gasteiger partial charge in [-0.15, -0.1) is 12.8 Å². The summed E-state index contributed by atoms with van der Waals surface area (Å²) in [6.07, 6.45) is 19.3. The standard InChI is InChI=1S/C43H57FO5/c1-3-5-9-15-43(45)49-40-27-25-39(26-28-40)47-32-12-14-35-16-20-36(21-17-35)37-22-29-42(41(44)33-37)48-31-11-8-7-10-30-46-38-23-18-34(19-24-38)13-6-4-2/h3,16-17,20-22,25-29,33-34,38H,1,4-15,18-19,23-24,30-32H2,2H3. The minimum Gasteiger partial charge on any atom is -0.494 e. The summed E-state index contributed by atoms with van der Waals surface area (Å²) >= 11 is 0. The molecule has 49 heavy (non-hydrogen) atoms. The fourth-order valence-corrected chi connectivity index (χ4v) is 6.37. The zero-order valence-electron chi connectivity index (χ0n) is 29.6. The number of halogens is 1. The first kappa shape index (κ1) is 38.3. The summed E-state index contributed by atoms with van der Waals surface area (Å²) in [5.41, 5.74) is 3.00. The number of carbonyl (C=O) groups is 1. The normalized spacial score (nSPS) is 16.0. The van der Waals surface area contributed by atoms with Crippen molar-refractivity contribution in [3.8, 4) is 28.4 Å². The summed E-state index contributed by atoms with van der Waals surface area (Å²) in [7, 11) is 0. The molecule has 1 fully saturated rings. The van der Waals surface area contributed by atoms with Gasteiger partial charge in [-0.05, 0) is 117 Å². The Morgan fingerprint density at radius 3 is 2.18 bits per heavy atom. The molecule has 5 nitrogen and oxygen atoms in total. The maximum Gasteiger partial charge on any atom is 0.311 e. The van der Waals surface area contributed by atoms with Crippen molar-refractivity contribution in [2.75, 3.05) is 19.8 Å². The number of hydrogen-bond acceptors (Lipinski definition) is 5. The predicted octanol–water partition coefficient (Wildman–Crippen LogP) is 11.3. The van der Waals surface area contributed by atoms with Crippen LogP contribution in [0.5, 0.6) is 17.2 Å². The Kier molecular flexibility index (Phi) is 17.4. The van der Waals surface area contributed by atoms with E-state index in [2.05, 4.69) is 26.0 Å². The van der Waals surface area contributed by atoms with Gasteiger partial charge in [-0.2, -0.15) is 0 Å². The van der Waals surface area contributed by atoms with Crippen LogP contribution in [-0.4, -0.2) is 31.9 Å². The van der Waals surface area contributed by atoms with Gasteiger partial charge in [0.05, 0.1) is 19.3 Å². The number of rotatable bonds is 23. The molecule has 0 heterocycles. The third-order valence-corrected chi connectivity index (χ3v) is 9.35. The van der Waals surface area contributed by atoms with Crippen molar-refractivity contribution in [1.29, 1.82) is 0 Å². The molecule has 266 valence electrons. The van der Waals surface area contributed by atoms with E-state index in [-0.39, 0.29) is 11.8 Å². The highest BCUT2D eigenvalue weighted by atomic mass is 19.1. The average molecular weight is 673 g/mol. The monoisotopic (exact) mass is 672 g/mol. The lowest BCUT2D eigenvalue weighted by Gasteiger charge is -2.28. The Morgan fingerprint density at radius 2 is 1.47 bits per heavy atom. The van der Waals surface area contributed by atoms with Crippen LogP contribution in [-0.2, 0) is 16.0 Å². The van der Waals surface area contributed by atoms with Gasteiger partial charge >= 0.3 is 5.97 Å². The van der Waals surface area contributed by atoms with Gasteiger partial charge in [-0.3, -0.25) is 4.79 Å². The van der Waals surface area contributed by atoms with Crippen molar-refractivity contribution in [1.82, 2.24) is 0 Å². The zero-order valence-corrected chi connectivity index (χ0v) is 29.6. The van der Waals surface area contributed by atoms with Crippen LogP contribution in [0, 0.1) is 25.1 Å². The van der Waals surface area contributed by atoms with Gasteiger partial charge in [0.2, 0.25) is 0 Å². The minimum atomic E-state index is -0.328. The molecule has 0 atom stereocenters. The Bertz CT molecular complexity index is 1330. The van der Waals surface area contributed by atoms with E-state index < -0.39 is 0 Å². The van der Waals surface area contributed by atoms with E-state index in [1.54, 1.807) is 30.7 Å². The van der Waals surface area contributed by atoms with E-state index >= 15 is 0 Å². The fraction of sp³-hybridized carbons (Fsp3) is 0.512. The van der Waals surface area contributed by atoms with Crippen molar-refractivity contribution < 1.29 is 28.1 Å². The Hall–Kier alpha value is -3.51. The van der Waals surface area contributed by atoms with Gasteiger partial charge in [-0.25, -0.2) is 4.39 Å². The molecule has 1 aliphatic carbocycles. The van der Waals surface area contributed by atoms with E-state index in [1.807, 2.05) is 30.3 Å². The molecule has 6 heteroatoms. The molecule has 0 bridgehead atoms. The maximum atomic E-state index is 14.9. The first-order valence-corrected chi connectivity index (χ1v) is 18.7. The highest BCUT2D eigenvalue weighted by Gasteiger charge is 2.21. The number of aryl methyl sites for hydroxylation is 1. The van der Waals surface area contributed by atoms with Crippen LogP contribution in [0.15, 0.2) is 66.7 Å². The van der Waals surface area contributed by atoms with Crippen molar-refractivity contribution in [3.63, 3.8) is 0 Å². The summed E-state index contributed by atoms with van der Waals surface area (Å²) in [6.45, 7) is 7.89. The van der Waals surface area contributed by atoms with E-state index in [0.717, 1.165) is 80.8 Å². The van der Waals surface area contributed by atoms with Crippen molar-refractivity contribution >= 4 is 5.97 Å². The van der Waals surface area contributed by atoms with Crippen LogP contribution in [0.2, 0.25) is 0 Å². The first-order valence-electron chi connectivity index (χ1n) is 18.7. The molecule has 3 aromatic carbocycles. The SMILES string of the molecule is [CH2+][CH-]CCCC(=O)Oc1ccc(OCCCc2ccc(-c3ccc(OCCCCCCOC4CCC(CCCC)CC4)c(F)c3)cc2)cc1. The first-order chi connectivity index (χ1) is 24.0. The molecule has 0 unspecified atom stereocenters. The lowest BCUT2D eigenvalue weighted by Crippen LogP contribution is -2.22. The molecular formula is C43H57FO5. The number of hydrogen-bond donors (Lipinski definition) is 0. The zero-order chi connectivity index (χ0) is 34.5. The van der Waals surface area contributed by atoms with Crippen molar-refractivity contribution in [2.45, 2.75) is 116 Å². The number of esters is 1. The fourth-order valence-electron chi connectivity index (χ4n) is 6.37. The van der Waals surface area contributed by atoms with E-state index in [9.17, 15) is 9.18 Å². The minimum absolute atomic E-state index is 0.240. The van der Waals surface area contributed by atoms with Crippen LogP contribution in [0.4, 0.5) is 4.39 Å². The van der Waals surface area contributed by atoms with Gasteiger partial charge in [0.1, 0.15) is 11.5 Å². The van der Waals surface area contributed by atoms with Gasteiger partial charge in [0, 0.05) is 13.0 Å². The molecule has 1 aliphatic rings. The summed E-state index contributed by atoms with van der Waals surface area (Å²) in [5.74, 6) is 1.93. The van der Waals surface area contributed by atoms with E-state index in [0.29, 0.717) is 37.2 Å². The predicted molar refractivity (Wildman–Crippen MR) is 196 cm³/mol. The average Bonchev–Trinajstić information content (AvgIpc) is 3.12. The summed E-state index contributed by atoms with van der Waals surface area (Å²) < 4.78 is 38.0. The maximum absolute atomic E-state index is 14.9. The smallest absolute Gasteiger partial charge is 0.311 e. The summed E-state index contributed by atoms with van der Waals surface area (Å²) in [5, 5.41) is 0. The quantitative estimate of drug-likeness (QED) is 0.0434. The largest absolute Gasteiger partial charge is 0.494 e. The number of benzene rings is 3. The van der Waals surface area contributed by atoms with Crippen LogP contribution < -0.4 is 14.2 Å². The Balaban J connectivity index is 1.06. The van der Waals surface area contributed by atoms with Gasteiger partial charge < -0.3 is 18.9 Å². The molecule has 0 saturated heterocycles. The highest BCUT2D eigenvalue weighted by Crippen LogP contribution is 2.30. The number of unbranched alkanes of at least 4 members (excludes halogenated alkanes) is 6. The topological polar surface area (TPSA) is 54.0 Å². The van der Waals surface area contributed by atoms with Crippen LogP contribution >= 0.6 is 0 Å². The summed E-state index contributed by atoms with van der Waals surface area (Å²) in [4.78, 5) is 11.9. The van der Waals surface area contributed by atoms with Crippen LogP contribution in [0.25, 0.3) is 11.1 Å². The second-order valence-electron chi connectivity index (χ2n) is 13.3. The molecular weight excluding hydrogens is 615 g/mol. The molecule has 4 rings (SSSR count). The molecule has 0 aromatic heterocycles. The highest BCUT2D eigenvalue weighted by molar-refractivity contribution is 5.72. The molecule has 0 radical (unpaired) electrons. The Morgan fingerprint density at radius 1 is 0.776 bits per heavy atom. The number of ether oxygens (including phenoxy) is 4. The number of carbonyl (C=O) groups excluding carboxylic acids is 1. The lowest BCUT2D eigenvalue weighted by molar-refractivity contribution is -0.134. The lowest BCUT2D eigenvalue weighted by atomic mass is 9.84. The van der Waals surface area contributed by atoms with Gasteiger partial charge in [0.25, 0.3) is 0 Å². The van der Waals surface area contributed by atoms with Gasteiger partial charge in [0.15, 0.2) is 11.6 Å². The summed E-state index contributed by atoms with van der Waals surface area (Å²) in [6, 6.07) is 20.6. The molecule has 0 aliphatic heterocycles. The van der Waals surface area contributed by atoms with E-state index in [1.165, 1.54) is 50.5 Å². The van der Waals surface area contributed by atoms with Crippen molar-refractivity contribution in [2.24, 2.45) is 5.92 Å². The molecule has 0 amide bonds. The molecule has 3 aromatic rings. The third kappa shape index (κ3) is 14.5. The molecule has 0 spiro atoms.